The normalized spacial score (nSPS) is 11.1. The third-order valence-corrected chi connectivity index (χ3v) is 5.01. The Hall–Kier alpha value is -2.46. The minimum absolute atomic E-state index is 0.120. The van der Waals surface area contributed by atoms with Crippen LogP contribution in [0.3, 0.4) is 0 Å². The van der Waals surface area contributed by atoms with Crippen LogP contribution in [0, 0.1) is 5.82 Å². The number of carbonyl (C=O) groups is 2. The van der Waals surface area contributed by atoms with E-state index in [1.807, 2.05) is 0 Å². The average Bonchev–Trinajstić information content (AvgIpc) is 2.88. The van der Waals surface area contributed by atoms with Gasteiger partial charge in [-0.25, -0.2) is 17.6 Å². The van der Waals surface area contributed by atoms with Gasteiger partial charge in [-0.3, -0.25) is 9.52 Å². The summed E-state index contributed by atoms with van der Waals surface area (Å²) in [6, 6.07) is 4.02. The lowest BCUT2D eigenvalue weighted by molar-refractivity contribution is 0.0701. The van der Waals surface area contributed by atoms with Crippen LogP contribution in [-0.4, -0.2) is 25.4 Å². The summed E-state index contributed by atoms with van der Waals surface area (Å²) in [6.45, 7) is 0. The number of rotatable bonds is 5. The van der Waals surface area contributed by atoms with Crippen molar-refractivity contribution < 1.29 is 27.5 Å². The molecule has 10 heteroatoms. The quantitative estimate of drug-likeness (QED) is 0.757. The van der Waals surface area contributed by atoms with E-state index < -0.39 is 27.7 Å². The van der Waals surface area contributed by atoms with Gasteiger partial charge in [-0.05, 0) is 24.3 Å². The van der Waals surface area contributed by atoms with Gasteiger partial charge in [0.15, 0.2) is 0 Å². The highest BCUT2D eigenvalue weighted by Crippen LogP contribution is 2.23. The molecule has 116 valence electrons. The van der Waals surface area contributed by atoms with Gasteiger partial charge in [-0.15, -0.1) is 11.3 Å². The molecule has 0 aliphatic heterocycles. The summed E-state index contributed by atoms with van der Waals surface area (Å²) in [5, 5.41) is 9.93. The first-order valence-electron chi connectivity index (χ1n) is 5.64. The van der Waals surface area contributed by atoms with Crippen LogP contribution < -0.4 is 10.5 Å². The van der Waals surface area contributed by atoms with E-state index in [2.05, 4.69) is 4.72 Å². The number of halogens is 1. The van der Waals surface area contributed by atoms with Crippen molar-refractivity contribution >= 4 is 38.9 Å². The second kappa shape index (κ2) is 5.73. The third-order valence-electron chi connectivity index (χ3n) is 2.58. The van der Waals surface area contributed by atoms with E-state index in [0.29, 0.717) is 0 Å². The lowest BCUT2D eigenvalue weighted by atomic mass is 10.2. The lowest BCUT2D eigenvalue weighted by Gasteiger charge is -2.07. The van der Waals surface area contributed by atoms with Crippen LogP contribution in [0.15, 0.2) is 34.5 Å². The number of carboxylic acid groups (broad SMARTS) is 1. The predicted octanol–water partition coefficient (Wildman–Crippen LogP) is 1.49. The van der Waals surface area contributed by atoms with Crippen molar-refractivity contribution in [3.63, 3.8) is 0 Å². The number of sulfonamides is 1. The Morgan fingerprint density at radius 2 is 1.95 bits per heavy atom. The largest absolute Gasteiger partial charge is 0.477 e. The molecule has 1 heterocycles. The van der Waals surface area contributed by atoms with Crippen LogP contribution in [0.25, 0.3) is 0 Å². The molecule has 2 rings (SSSR count). The second-order valence-corrected chi connectivity index (χ2v) is 6.71. The predicted molar refractivity (Wildman–Crippen MR) is 77.0 cm³/mol. The number of amides is 1. The van der Waals surface area contributed by atoms with Gasteiger partial charge in [-0.1, -0.05) is 0 Å². The van der Waals surface area contributed by atoms with Crippen molar-refractivity contribution in [2.75, 3.05) is 4.72 Å². The first-order chi connectivity index (χ1) is 10.2. The first-order valence-corrected chi connectivity index (χ1v) is 8.01. The second-order valence-electron chi connectivity index (χ2n) is 4.12. The molecule has 4 N–H and O–H groups in total. The molecule has 7 nitrogen and oxygen atoms in total. The van der Waals surface area contributed by atoms with Crippen molar-refractivity contribution in [1.29, 1.82) is 0 Å². The molecule has 0 aliphatic carbocycles. The fourth-order valence-corrected chi connectivity index (χ4v) is 3.73. The minimum Gasteiger partial charge on any atom is -0.477 e. The number of nitrogens with one attached hydrogen (secondary N) is 1. The Labute approximate surface area is 128 Å². The number of thiophene rings is 1. The van der Waals surface area contributed by atoms with Gasteiger partial charge < -0.3 is 10.8 Å². The van der Waals surface area contributed by atoms with Crippen molar-refractivity contribution in [2.45, 2.75) is 4.90 Å². The molecule has 0 aliphatic rings. The van der Waals surface area contributed by atoms with Crippen LogP contribution in [0.4, 0.5) is 10.1 Å². The minimum atomic E-state index is -4.06. The van der Waals surface area contributed by atoms with Crippen LogP contribution in [-0.2, 0) is 10.0 Å². The van der Waals surface area contributed by atoms with Gasteiger partial charge in [-0.2, -0.15) is 0 Å². The Balaban J connectivity index is 2.30. The SMILES string of the molecule is NC(=O)c1ccc(NS(=O)(=O)c2csc(C(=O)O)c2)cc1F. The molecule has 1 amide bonds. The number of hydrogen-bond acceptors (Lipinski definition) is 5. The Morgan fingerprint density at radius 3 is 2.45 bits per heavy atom. The Morgan fingerprint density at radius 1 is 1.27 bits per heavy atom. The van der Waals surface area contributed by atoms with Gasteiger partial charge in [0.1, 0.15) is 10.7 Å². The summed E-state index contributed by atoms with van der Waals surface area (Å²) in [6.07, 6.45) is 0. The molecular formula is C12H9FN2O5S2. The summed E-state index contributed by atoms with van der Waals surface area (Å²) in [4.78, 5) is 21.2. The zero-order chi connectivity index (χ0) is 16.5. The molecule has 0 fully saturated rings. The molecule has 2 aromatic rings. The van der Waals surface area contributed by atoms with E-state index >= 15 is 0 Å². The molecule has 0 saturated heterocycles. The lowest BCUT2D eigenvalue weighted by Crippen LogP contribution is -2.15. The molecule has 0 spiro atoms. The monoisotopic (exact) mass is 344 g/mol. The molecule has 0 bridgehead atoms. The molecule has 1 aromatic carbocycles. The number of carbonyl (C=O) groups excluding carboxylic acids is 1. The standard InChI is InChI=1S/C12H9FN2O5S2/c13-9-3-6(1-2-8(9)11(14)16)15-22(19,20)7-4-10(12(17)18)21-5-7/h1-5,15H,(H2,14,16)(H,17,18). The third kappa shape index (κ3) is 3.23. The van der Waals surface area contributed by atoms with Crippen molar-refractivity contribution in [3.05, 3.63) is 45.9 Å². The number of nitrogens with two attached hydrogens (primary N) is 1. The number of hydrogen-bond donors (Lipinski definition) is 3. The van der Waals surface area contributed by atoms with Gasteiger partial charge in [0.2, 0.25) is 0 Å². The fraction of sp³-hybridized carbons (Fsp3) is 0. The van der Waals surface area contributed by atoms with Crippen LogP contribution in [0.2, 0.25) is 0 Å². The van der Waals surface area contributed by atoms with Crippen LogP contribution >= 0.6 is 11.3 Å². The maximum Gasteiger partial charge on any atom is 0.345 e. The van der Waals surface area contributed by atoms with E-state index in [1.165, 1.54) is 6.07 Å². The number of carboxylic acids is 1. The fourth-order valence-electron chi connectivity index (χ4n) is 1.56. The summed E-state index contributed by atoms with van der Waals surface area (Å²) < 4.78 is 39.8. The Bertz CT molecular complexity index is 860. The molecule has 0 saturated carbocycles. The number of anilines is 1. The molecule has 1 aromatic heterocycles. The van der Waals surface area contributed by atoms with E-state index in [-0.39, 0.29) is 21.0 Å². The topological polar surface area (TPSA) is 127 Å². The number of primary amides is 1. The van der Waals surface area contributed by atoms with Crippen LogP contribution in [0.5, 0.6) is 0 Å². The van der Waals surface area contributed by atoms with E-state index in [4.69, 9.17) is 10.8 Å². The number of benzene rings is 1. The summed E-state index contributed by atoms with van der Waals surface area (Å²) in [5.41, 5.74) is 4.45. The summed E-state index contributed by atoms with van der Waals surface area (Å²) in [5.74, 6) is -3.19. The summed E-state index contributed by atoms with van der Waals surface area (Å²) in [7, 11) is -4.06. The molecule has 0 radical (unpaired) electrons. The van der Waals surface area contributed by atoms with Crippen molar-refractivity contribution in [3.8, 4) is 0 Å². The van der Waals surface area contributed by atoms with Gasteiger partial charge in [0, 0.05) is 5.38 Å². The highest BCUT2D eigenvalue weighted by molar-refractivity contribution is 7.92. The smallest absolute Gasteiger partial charge is 0.345 e. The molecular weight excluding hydrogens is 335 g/mol. The Kier molecular flexibility index (Phi) is 4.15. The maximum absolute atomic E-state index is 13.6. The number of aromatic carboxylic acids is 1. The van der Waals surface area contributed by atoms with Crippen molar-refractivity contribution in [1.82, 2.24) is 0 Å². The average molecular weight is 344 g/mol. The van der Waals surface area contributed by atoms with Crippen LogP contribution in [0.1, 0.15) is 20.0 Å². The highest BCUT2D eigenvalue weighted by Gasteiger charge is 2.19. The summed E-state index contributed by atoms with van der Waals surface area (Å²) >= 11 is 0.751. The van der Waals surface area contributed by atoms with Gasteiger partial charge in [0.05, 0.1) is 16.1 Å². The van der Waals surface area contributed by atoms with E-state index in [9.17, 15) is 22.4 Å². The molecule has 0 unspecified atom stereocenters. The van der Waals surface area contributed by atoms with E-state index in [1.54, 1.807) is 0 Å². The van der Waals surface area contributed by atoms with Gasteiger partial charge >= 0.3 is 5.97 Å². The van der Waals surface area contributed by atoms with Gasteiger partial charge in [0.25, 0.3) is 15.9 Å². The maximum atomic E-state index is 13.6. The molecule has 22 heavy (non-hydrogen) atoms. The highest BCUT2D eigenvalue weighted by atomic mass is 32.2. The first kappa shape index (κ1) is 15.9. The zero-order valence-corrected chi connectivity index (χ0v) is 12.4. The zero-order valence-electron chi connectivity index (χ0n) is 10.7. The molecule has 0 atom stereocenters. The van der Waals surface area contributed by atoms with Crippen molar-refractivity contribution in [2.24, 2.45) is 5.73 Å². The van der Waals surface area contributed by atoms with E-state index in [0.717, 1.165) is 34.9 Å².